The normalized spacial score (nSPS) is 15.5. The molecule has 1 aliphatic carbocycles. The first kappa shape index (κ1) is 21.4. The molecule has 1 atom stereocenters. The molecule has 0 radical (unpaired) electrons. The van der Waals surface area contributed by atoms with Crippen LogP contribution in [0.1, 0.15) is 30.1 Å². The minimum Gasteiger partial charge on any atom is -0.497 e. The molecule has 0 saturated carbocycles. The van der Waals surface area contributed by atoms with Gasteiger partial charge in [0, 0.05) is 41.8 Å². The highest BCUT2D eigenvalue weighted by Gasteiger charge is 2.26. The Balaban J connectivity index is 1.28. The second-order valence-corrected chi connectivity index (χ2v) is 8.42. The number of amides is 1. The maximum Gasteiger partial charge on any atom is 0.258 e. The maximum absolute atomic E-state index is 12.8. The molecule has 2 aromatic carbocycles. The van der Waals surface area contributed by atoms with Gasteiger partial charge in [-0.1, -0.05) is 6.07 Å². The smallest absolute Gasteiger partial charge is 0.258 e. The summed E-state index contributed by atoms with van der Waals surface area (Å²) in [6.07, 6.45) is 4.94. The lowest BCUT2D eigenvalue weighted by Gasteiger charge is -2.24. The van der Waals surface area contributed by atoms with Gasteiger partial charge >= 0.3 is 0 Å². The molecule has 5 rings (SSSR count). The molecule has 7 heteroatoms. The molecule has 4 aromatic rings. The summed E-state index contributed by atoms with van der Waals surface area (Å²) in [5, 5.41) is 5.33. The summed E-state index contributed by atoms with van der Waals surface area (Å²) in [5.41, 5.74) is 4.50. The summed E-state index contributed by atoms with van der Waals surface area (Å²) in [4.78, 5) is 16.3. The molecule has 1 aliphatic rings. The van der Waals surface area contributed by atoms with E-state index in [0.29, 0.717) is 12.4 Å². The zero-order chi connectivity index (χ0) is 22.8. The number of fused-ring (bicyclic) bond motifs is 4. The van der Waals surface area contributed by atoms with Gasteiger partial charge in [0.25, 0.3) is 5.91 Å². The van der Waals surface area contributed by atoms with E-state index in [9.17, 15) is 4.79 Å². The number of aromatic amines is 1. The van der Waals surface area contributed by atoms with E-state index in [2.05, 4.69) is 20.9 Å². The van der Waals surface area contributed by atoms with Crippen LogP contribution in [-0.2, 0) is 22.5 Å². The van der Waals surface area contributed by atoms with Crippen molar-refractivity contribution in [2.75, 3.05) is 27.4 Å². The molecular weight excluding hydrogens is 418 g/mol. The highest BCUT2D eigenvalue weighted by atomic mass is 16.5. The van der Waals surface area contributed by atoms with Crippen LogP contribution in [0.3, 0.4) is 0 Å². The average molecular weight is 448 g/mol. The molecule has 2 N–H and O–H groups in total. The number of aryl methyl sites for hydroxylation is 1. The third kappa shape index (κ3) is 4.16. The van der Waals surface area contributed by atoms with Gasteiger partial charge in [-0.2, -0.15) is 0 Å². The number of nitrogens with one attached hydrogen (secondary N) is 2. The number of hydrogen-bond donors (Lipinski definition) is 2. The van der Waals surface area contributed by atoms with Crippen molar-refractivity contribution in [3.05, 3.63) is 59.9 Å². The molecule has 0 fully saturated rings. The van der Waals surface area contributed by atoms with Crippen molar-refractivity contribution < 1.29 is 19.0 Å². The zero-order valence-electron chi connectivity index (χ0n) is 19.0. The van der Waals surface area contributed by atoms with Crippen LogP contribution in [0.2, 0.25) is 0 Å². The summed E-state index contributed by atoms with van der Waals surface area (Å²) in [5.74, 6) is 1.43. The number of rotatable bonds is 8. The van der Waals surface area contributed by atoms with E-state index in [0.717, 1.165) is 53.7 Å². The van der Waals surface area contributed by atoms with Gasteiger partial charge in [-0.25, -0.2) is 0 Å². The minimum atomic E-state index is -0.125. The van der Waals surface area contributed by atoms with Crippen molar-refractivity contribution >= 4 is 27.7 Å². The molecule has 2 heterocycles. The van der Waals surface area contributed by atoms with Crippen molar-refractivity contribution in [1.29, 1.82) is 0 Å². The van der Waals surface area contributed by atoms with Crippen LogP contribution in [0.5, 0.6) is 11.5 Å². The largest absolute Gasteiger partial charge is 0.497 e. The Bertz CT molecular complexity index is 1290. The fourth-order valence-electron chi connectivity index (χ4n) is 4.80. The molecule has 7 nitrogen and oxygen atoms in total. The van der Waals surface area contributed by atoms with Crippen molar-refractivity contribution in [2.45, 2.75) is 31.8 Å². The third-order valence-corrected chi connectivity index (χ3v) is 6.42. The Morgan fingerprint density at radius 1 is 1.18 bits per heavy atom. The molecule has 0 bridgehead atoms. The van der Waals surface area contributed by atoms with E-state index >= 15 is 0 Å². The summed E-state index contributed by atoms with van der Waals surface area (Å²) < 4.78 is 18.6. The number of carbonyl (C=O) groups is 1. The predicted octanol–water partition coefficient (Wildman–Crippen LogP) is 4.35. The van der Waals surface area contributed by atoms with E-state index in [-0.39, 0.29) is 18.6 Å². The van der Waals surface area contributed by atoms with Crippen molar-refractivity contribution in [1.82, 2.24) is 14.9 Å². The molecule has 172 valence electrons. The molecule has 0 aliphatic heterocycles. The topological polar surface area (TPSA) is 77.5 Å². The lowest BCUT2D eigenvalue weighted by atomic mass is 9.91. The minimum absolute atomic E-state index is 0.0255. The number of aromatic nitrogens is 2. The molecule has 0 saturated heterocycles. The number of carbonyl (C=O) groups excluding carboxylic acids is 1. The van der Waals surface area contributed by atoms with Crippen LogP contribution in [0, 0.1) is 0 Å². The monoisotopic (exact) mass is 447 g/mol. The lowest BCUT2D eigenvalue weighted by Crippen LogP contribution is -2.34. The van der Waals surface area contributed by atoms with Crippen LogP contribution >= 0.6 is 0 Å². The van der Waals surface area contributed by atoms with Crippen molar-refractivity contribution in [2.24, 2.45) is 0 Å². The van der Waals surface area contributed by atoms with Crippen LogP contribution in [0.4, 0.5) is 0 Å². The first-order valence-corrected chi connectivity index (χ1v) is 11.4. The Morgan fingerprint density at radius 2 is 2.09 bits per heavy atom. The molecule has 0 unspecified atom stereocenters. The lowest BCUT2D eigenvalue weighted by molar-refractivity contribution is -0.123. The molecular formula is C26H29N3O4. The van der Waals surface area contributed by atoms with Crippen molar-refractivity contribution in [3.63, 3.8) is 0 Å². The van der Waals surface area contributed by atoms with Crippen molar-refractivity contribution in [3.8, 4) is 11.5 Å². The Labute approximate surface area is 192 Å². The number of methoxy groups -OCH3 is 2. The number of H-pyrrole nitrogens is 1. The van der Waals surface area contributed by atoms with Crippen LogP contribution in [0.25, 0.3) is 21.8 Å². The quantitative estimate of drug-likeness (QED) is 0.421. The van der Waals surface area contributed by atoms with Crippen LogP contribution in [-0.4, -0.2) is 42.9 Å². The van der Waals surface area contributed by atoms with Gasteiger partial charge in [-0.15, -0.1) is 0 Å². The van der Waals surface area contributed by atoms with Gasteiger partial charge in [0.1, 0.15) is 11.5 Å². The first-order valence-electron chi connectivity index (χ1n) is 11.4. The summed E-state index contributed by atoms with van der Waals surface area (Å²) in [6.45, 7) is 1.38. The van der Waals surface area contributed by atoms with Gasteiger partial charge in [0.2, 0.25) is 0 Å². The zero-order valence-corrected chi connectivity index (χ0v) is 19.0. The SMILES string of the molecule is COCCn1ccc2c(OCC(=O)N[C@H]3CCCc4c3[nH]c3ccc(OC)cc43)cccc21. The summed E-state index contributed by atoms with van der Waals surface area (Å²) in [6, 6.07) is 13.9. The van der Waals surface area contributed by atoms with E-state index in [1.807, 2.05) is 42.6 Å². The van der Waals surface area contributed by atoms with E-state index in [1.165, 1.54) is 10.9 Å². The Kier molecular flexibility index (Phi) is 5.96. The van der Waals surface area contributed by atoms with E-state index in [4.69, 9.17) is 14.2 Å². The van der Waals surface area contributed by atoms with Crippen LogP contribution < -0.4 is 14.8 Å². The highest BCUT2D eigenvalue weighted by molar-refractivity contribution is 5.88. The first-order chi connectivity index (χ1) is 16.2. The van der Waals surface area contributed by atoms with Gasteiger partial charge in [0.15, 0.2) is 6.61 Å². The summed E-state index contributed by atoms with van der Waals surface area (Å²) in [7, 11) is 3.37. The predicted molar refractivity (Wildman–Crippen MR) is 128 cm³/mol. The molecule has 1 amide bonds. The average Bonchev–Trinajstić information content (AvgIpc) is 3.43. The van der Waals surface area contributed by atoms with E-state index in [1.54, 1.807) is 14.2 Å². The molecule has 2 aromatic heterocycles. The maximum atomic E-state index is 12.8. The second kappa shape index (κ2) is 9.19. The Hall–Kier alpha value is -3.45. The second-order valence-electron chi connectivity index (χ2n) is 8.42. The van der Waals surface area contributed by atoms with Gasteiger partial charge in [0.05, 0.1) is 25.3 Å². The van der Waals surface area contributed by atoms with Gasteiger partial charge < -0.3 is 29.1 Å². The third-order valence-electron chi connectivity index (χ3n) is 6.42. The van der Waals surface area contributed by atoms with Gasteiger partial charge in [-0.05, 0) is 61.2 Å². The van der Waals surface area contributed by atoms with E-state index < -0.39 is 0 Å². The fraction of sp³-hybridized carbons (Fsp3) is 0.346. The molecule has 0 spiro atoms. The summed E-state index contributed by atoms with van der Waals surface area (Å²) >= 11 is 0. The van der Waals surface area contributed by atoms with Crippen LogP contribution in [0.15, 0.2) is 48.7 Å². The Morgan fingerprint density at radius 3 is 2.94 bits per heavy atom. The standard InChI is InChI=1S/C26H29N3O4/c1-31-14-13-29-12-11-19-23(29)7-4-8-24(19)33-16-25(30)27-22-6-3-5-18-20-15-17(32-2)9-10-21(20)28-26(18)22/h4,7-12,15,22,28H,3,5-6,13-14,16H2,1-2H3,(H,27,30)/t22-/m0/s1. The number of ether oxygens (including phenoxy) is 3. The number of hydrogen-bond acceptors (Lipinski definition) is 4. The highest BCUT2D eigenvalue weighted by Crippen LogP contribution is 2.36. The molecule has 33 heavy (non-hydrogen) atoms. The fourth-order valence-corrected chi connectivity index (χ4v) is 4.80. The van der Waals surface area contributed by atoms with Gasteiger partial charge in [-0.3, -0.25) is 4.79 Å². The number of benzene rings is 2. The number of nitrogens with zero attached hydrogens (tertiary/aromatic N) is 1.